The number of hydrogen-bond acceptors (Lipinski definition) is 1. The SMILES string of the molecule is O=P1(c2cccc(F)c2)c2ccccc2CN1c1ccccc1. The number of anilines is 1. The lowest BCUT2D eigenvalue weighted by Gasteiger charge is -2.27. The molecular weight excluding hydrogens is 308 g/mol. The van der Waals surface area contributed by atoms with E-state index >= 15 is 0 Å². The molecule has 0 saturated heterocycles. The van der Waals surface area contributed by atoms with Gasteiger partial charge in [-0.15, -0.1) is 0 Å². The minimum Gasteiger partial charge on any atom is -0.311 e. The Morgan fingerprint density at radius 3 is 2.39 bits per heavy atom. The lowest BCUT2D eigenvalue weighted by atomic mass is 10.2. The molecule has 114 valence electrons. The predicted molar refractivity (Wildman–Crippen MR) is 92.3 cm³/mol. The van der Waals surface area contributed by atoms with Crippen molar-refractivity contribution in [3.05, 3.63) is 90.2 Å². The fraction of sp³-hybridized carbons (Fsp3) is 0.0526. The van der Waals surface area contributed by atoms with Gasteiger partial charge in [-0.1, -0.05) is 42.5 Å². The molecule has 0 saturated carbocycles. The molecule has 1 aliphatic rings. The van der Waals surface area contributed by atoms with Crippen LogP contribution in [0, 0.1) is 5.82 Å². The standard InChI is InChI=1S/C19H15FNOP/c20-16-8-6-11-18(13-16)23(22)19-12-5-4-7-15(19)14-21(23)17-9-2-1-3-10-17/h1-13H,14H2. The molecule has 0 N–H and O–H groups in total. The highest BCUT2D eigenvalue weighted by atomic mass is 31.2. The van der Waals surface area contributed by atoms with Gasteiger partial charge in [-0.05, 0) is 42.0 Å². The summed E-state index contributed by atoms with van der Waals surface area (Å²) in [4.78, 5) is 0. The summed E-state index contributed by atoms with van der Waals surface area (Å²) >= 11 is 0. The first kappa shape index (κ1) is 14.2. The first-order chi connectivity index (χ1) is 11.2. The summed E-state index contributed by atoms with van der Waals surface area (Å²) < 4.78 is 29.7. The van der Waals surface area contributed by atoms with Crippen LogP contribution >= 0.6 is 7.29 Å². The summed E-state index contributed by atoms with van der Waals surface area (Å²) in [6.07, 6.45) is 0. The molecule has 2 nitrogen and oxygen atoms in total. The highest BCUT2D eigenvalue weighted by molar-refractivity contribution is 7.80. The van der Waals surface area contributed by atoms with Crippen LogP contribution in [0.3, 0.4) is 0 Å². The van der Waals surface area contributed by atoms with Crippen LogP contribution < -0.4 is 15.3 Å². The largest absolute Gasteiger partial charge is 0.311 e. The second-order valence-corrected chi connectivity index (χ2v) is 8.21. The Morgan fingerprint density at radius 2 is 1.61 bits per heavy atom. The van der Waals surface area contributed by atoms with Gasteiger partial charge in [-0.25, -0.2) is 4.39 Å². The van der Waals surface area contributed by atoms with Gasteiger partial charge in [0.1, 0.15) is 5.82 Å². The number of fused-ring (bicyclic) bond motifs is 1. The van der Waals surface area contributed by atoms with E-state index in [-0.39, 0.29) is 5.82 Å². The smallest absolute Gasteiger partial charge is 0.230 e. The summed E-state index contributed by atoms with van der Waals surface area (Å²) in [5, 5.41) is 1.33. The number of para-hydroxylation sites is 1. The highest BCUT2D eigenvalue weighted by Crippen LogP contribution is 2.55. The molecule has 3 aromatic carbocycles. The van der Waals surface area contributed by atoms with Crippen molar-refractivity contribution < 1.29 is 8.96 Å². The second kappa shape index (κ2) is 5.36. The van der Waals surface area contributed by atoms with E-state index in [1.54, 1.807) is 12.1 Å². The fourth-order valence-electron chi connectivity index (χ4n) is 3.13. The molecule has 0 amide bonds. The van der Waals surface area contributed by atoms with E-state index in [4.69, 9.17) is 0 Å². The summed E-state index contributed by atoms with van der Waals surface area (Å²) in [7, 11) is -3.08. The van der Waals surface area contributed by atoms with Gasteiger partial charge in [0.2, 0.25) is 7.29 Å². The molecule has 1 heterocycles. The predicted octanol–water partition coefficient (Wildman–Crippen LogP) is 4.07. The monoisotopic (exact) mass is 323 g/mol. The van der Waals surface area contributed by atoms with Crippen LogP contribution in [0.4, 0.5) is 10.1 Å². The van der Waals surface area contributed by atoms with Gasteiger partial charge in [0.05, 0.1) is 6.54 Å². The summed E-state index contributed by atoms with van der Waals surface area (Å²) in [5.74, 6) is -0.366. The summed E-state index contributed by atoms with van der Waals surface area (Å²) in [6.45, 7) is 0.563. The number of halogens is 1. The van der Waals surface area contributed by atoms with Crippen LogP contribution in [-0.4, -0.2) is 0 Å². The van der Waals surface area contributed by atoms with E-state index < -0.39 is 7.29 Å². The van der Waals surface area contributed by atoms with Gasteiger partial charge >= 0.3 is 0 Å². The minimum atomic E-state index is -3.08. The Morgan fingerprint density at radius 1 is 0.870 bits per heavy atom. The van der Waals surface area contributed by atoms with Crippen molar-refractivity contribution in [2.24, 2.45) is 0 Å². The van der Waals surface area contributed by atoms with Gasteiger partial charge < -0.3 is 4.67 Å². The van der Waals surface area contributed by atoms with E-state index in [9.17, 15) is 8.96 Å². The van der Waals surface area contributed by atoms with Crippen molar-refractivity contribution in [3.8, 4) is 0 Å². The molecular formula is C19H15FNOP. The zero-order valence-corrected chi connectivity index (χ0v) is 13.3. The molecule has 1 aliphatic heterocycles. The molecule has 0 radical (unpaired) electrons. The van der Waals surface area contributed by atoms with Gasteiger partial charge in [-0.3, -0.25) is 4.57 Å². The molecule has 0 aromatic heterocycles. The van der Waals surface area contributed by atoms with E-state index in [1.807, 2.05) is 59.3 Å². The summed E-state index contributed by atoms with van der Waals surface area (Å²) in [6, 6.07) is 23.5. The summed E-state index contributed by atoms with van der Waals surface area (Å²) in [5.41, 5.74) is 1.92. The molecule has 4 rings (SSSR count). The normalized spacial score (nSPS) is 19.6. The third-order valence-corrected chi connectivity index (χ3v) is 7.31. The van der Waals surface area contributed by atoms with Crippen LogP contribution in [0.25, 0.3) is 0 Å². The third-order valence-electron chi connectivity index (χ3n) is 4.19. The quantitative estimate of drug-likeness (QED) is 0.663. The van der Waals surface area contributed by atoms with Crippen LogP contribution in [-0.2, 0) is 11.1 Å². The third kappa shape index (κ3) is 2.20. The van der Waals surface area contributed by atoms with Crippen molar-refractivity contribution in [1.29, 1.82) is 0 Å². The Bertz CT molecular complexity index is 910. The maximum Gasteiger partial charge on any atom is 0.230 e. The van der Waals surface area contributed by atoms with Gasteiger partial charge in [0.15, 0.2) is 0 Å². The van der Waals surface area contributed by atoms with Crippen molar-refractivity contribution >= 4 is 23.6 Å². The Hall–Kier alpha value is -2.38. The number of benzene rings is 3. The molecule has 0 spiro atoms. The van der Waals surface area contributed by atoms with Crippen molar-refractivity contribution in [2.45, 2.75) is 6.54 Å². The molecule has 0 fully saturated rings. The number of hydrogen-bond donors (Lipinski definition) is 0. The average molecular weight is 323 g/mol. The Balaban J connectivity index is 1.97. The Labute approximate surface area is 134 Å². The lowest BCUT2D eigenvalue weighted by molar-refractivity contribution is 0.585. The highest BCUT2D eigenvalue weighted by Gasteiger charge is 2.42. The first-order valence-corrected chi connectivity index (χ1v) is 9.13. The van der Waals surface area contributed by atoms with E-state index in [2.05, 4.69) is 0 Å². The Kier molecular flexibility index (Phi) is 3.32. The first-order valence-electron chi connectivity index (χ1n) is 7.47. The molecule has 0 bridgehead atoms. The second-order valence-electron chi connectivity index (χ2n) is 5.58. The fourth-order valence-corrected chi connectivity index (χ4v) is 6.16. The zero-order valence-electron chi connectivity index (χ0n) is 12.4. The molecule has 23 heavy (non-hydrogen) atoms. The molecule has 1 atom stereocenters. The van der Waals surface area contributed by atoms with Gasteiger partial charge in [0.25, 0.3) is 0 Å². The van der Waals surface area contributed by atoms with Crippen molar-refractivity contribution in [2.75, 3.05) is 4.67 Å². The minimum absolute atomic E-state index is 0.366. The average Bonchev–Trinajstić information content (AvgIpc) is 2.90. The lowest BCUT2D eigenvalue weighted by Crippen LogP contribution is -2.24. The number of rotatable bonds is 2. The molecule has 1 unspecified atom stereocenters. The maximum atomic E-state index is 14.1. The van der Waals surface area contributed by atoms with Crippen LogP contribution in [0.2, 0.25) is 0 Å². The molecule has 0 aliphatic carbocycles. The van der Waals surface area contributed by atoms with Crippen LogP contribution in [0.15, 0.2) is 78.9 Å². The van der Waals surface area contributed by atoms with Crippen molar-refractivity contribution in [3.63, 3.8) is 0 Å². The maximum absolute atomic E-state index is 14.1. The van der Waals surface area contributed by atoms with E-state index in [1.165, 1.54) is 12.1 Å². The number of nitrogens with zero attached hydrogens (tertiary/aromatic N) is 1. The van der Waals surface area contributed by atoms with Crippen LogP contribution in [0.1, 0.15) is 5.56 Å². The van der Waals surface area contributed by atoms with E-state index in [0.717, 1.165) is 16.6 Å². The van der Waals surface area contributed by atoms with Gasteiger partial charge in [-0.2, -0.15) is 0 Å². The topological polar surface area (TPSA) is 20.3 Å². The zero-order chi connectivity index (χ0) is 15.9. The van der Waals surface area contributed by atoms with Crippen molar-refractivity contribution in [1.82, 2.24) is 0 Å². The van der Waals surface area contributed by atoms with Gasteiger partial charge in [0, 0.05) is 16.3 Å². The van der Waals surface area contributed by atoms with E-state index in [0.29, 0.717) is 11.8 Å². The molecule has 4 heteroatoms. The molecule has 3 aromatic rings. The van der Waals surface area contributed by atoms with Crippen LogP contribution in [0.5, 0.6) is 0 Å².